The van der Waals surface area contributed by atoms with Gasteiger partial charge in [0.15, 0.2) is 0 Å². The van der Waals surface area contributed by atoms with Crippen LogP contribution >= 0.6 is 0 Å². The molecule has 1 aromatic heterocycles. The van der Waals surface area contributed by atoms with Gasteiger partial charge in [-0.05, 0) is 19.8 Å². The fraction of sp³-hybridized carbons (Fsp3) is 0.636. The first-order valence-corrected chi connectivity index (χ1v) is 6.00. The zero-order valence-electron chi connectivity index (χ0n) is 10.4. The van der Waals surface area contributed by atoms with Crippen molar-refractivity contribution in [3.05, 3.63) is 11.9 Å². The summed E-state index contributed by atoms with van der Waals surface area (Å²) in [6.07, 6.45) is 6.74. The summed E-state index contributed by atoms with van der Waals surface area (Å²) in [6.45, 7) is 1.95. The van der Waals surface area contributed by atoms with Crippen LogP contribution in [0.15, 0.2) is 11.2 Å². The van der Waals surface area contributed by atoms with E-state index >= 15 is 0 Å². The molecule has 0 aliphatic heterocycles. The van der Waals surface area contributed by atoms with Crippen LogP contribution in [0.25, 0.3) is 0 Å². The molecule has 0 spiro atoms. The molecule has 1 aliphatic rings. The summed E-state index contributed by atoms with van der Waals surface area (Å²) in [5.74, 6) is 6.10. The minimum atomic E-state index is 0.394. The number of hydrazine groups is 1. The van der Waals surface area contributed by atoms with E-state index in [2.05, 4.69) is 20.8 Å². The van der Waals surface area contributed by atoms with Crippen molar-refractivity contribution < 1.29 is 0 Å². The Kier molecular flexibility index (Phi) is 3.63. The first-order chi connectivity index (χ1) is 8.19. The molecule has 1 saturated carbocycles. The molecule has 1 aliphatic carbocycles. The lowest BCUT2D eigenvalue weighted by molar-refractivity contribution is 0.700. The molecule has 0 aromatic carbocycles. The van der Waals surface area contributed by atoms with Crippen LogP contribution in [0.3, 0.4) is 0 Å². The highest BCUT2D eigenvalue weighted by Gasteiger charge is 2.15. The van der Waals surface area contributed by atoms with E-state index in [0.29, 0.717) is 12.0 Å². The Morgan fingerprint density at radius 3 is 2.76 bits per heavy atom. The minimum Gasteiger partial charge on any atom is -0.322 e. The van der Waals surface area contributed by atoms with Crippen molar-refractivity contribution in [2.24, 2.45) is 17.9 Å². The Labute approximate surface area is 101 Å². The van der Waals surface area contributed by atoms with Gasteiger partial charge < -0.3 is 5.32 Å². The third-order valence-corrected chi connectivity index (χ3v) is 3.04. The van der Waals surface area contributed by atoms with E-state index in [1.807, 2.05) is 20.2 Å². The Morgan fingerprint density at radius 2 is 2.24 bits per heavy atom. The molecule has 0 saturated heterocycles. The van der Waals surface area contributed by atoms with E-state index in [-0.39, 0.29) is 0 Å². The highest BCUT2D eigenvalue weighted by molar-refractivity contribution is 5.93. The summed E-state index contributed by atoms with van der Waals surface area (Å²) in [7, 11) is 1.89. The molecular weight excluding hydrogens is 216 g/mol. The van der Waals surface area contributed by atoms with Gasteiger partial charge in [-0.3, -0.25) is 10.1 Å². The monoisotopic (exact) mass is 236 g/mol. The van der Waals surface area contributed by atoms with Gasteiger partial charge in [-0.2, -0.15) is 5.10 Å². The van der Waals surface area contributed by atoms with Crippen LogP contribution in [0.2, 0.25) is 0 Å². The lowest BCUT2D eigenvalue weighted by atomic mass is 10.3. The molecule has 2 rings (SSSR count). The lowest BCUT2D eigenvalue weighted by Crippen LogP contribution is -2.37. The predicted molar refractivity (Wildman–Crippen MR) is 68.6 cm³/mol. The maximum atomic E-state index is 5.49. The maximum Gasteiger partial charge on any atom is 0.210 e. The number of aliphatic imine (C=N–C) groups is 1. The highest BCUT2D eigenvalue weighted by Crippen LogP contribution is 2.21. The number of aromatic nitrogens is 2. The predicted octanol–water partition coefficient (Wildman–Crippen LogP) is 0.902. The molecule has 6 nitrogen and oxygen atoms in total. The number of hydrogen-bond acceptors (Lipinski definition) is 3. The molecule has 0 amide bonds. The van der Waals surface area contributed by atoms with Gasteiger partial charge in [-0.1, -0.05) is 12.8 Å². The SMILES string of the molecule is Cc1nn(C)cc1NC(=NC1CCCC1)NN. The number of rotatable bonds is 2. The van der Waals surface area contributed by atoms with Gasteiger partial charge in [0.2, 0.25) is 5.96 Å². The molecule has 1 fully saturated rings. The zero-order chi connectivity index (χ0) is 12.3. The quantitative estimate of drug-likeness (QED) is 0.308. The molecule has 0 atom stereocenters. The average Bonchev–Trinajstić information content (AvgIpc) is 2.88. The molecule has 1 heterocycles. The highest BCUT2D eigenvalue weighted by atomic mass is 15.3. The summed E-state index contributed by atoms with van der Waals surface area (Å²) in [5, 5.41) is 7.44. The maximum absolute atomic E-state index is 5.49. The summed E-state index contributed by atoms with van der Waals surface area (Å²) < 4.78 is 1.77. The third kappa shape index (κ3) is 2.97. The smallest absolute Gasteiger partial charge is 0.210 e. The lowest BCUT2D eigenvalue weighted by Gasteiger charge is -2.10. The number of aryl methyl sites for hydroxylation is 2. The van der Waals surface area contributed by atoms with E-state index in [4.69, 9.17) is 5.84 Å². The van der Waals surface area contributed by atoms with Crippen LogP contribution in [-0.4, -0.2) is 21.8 Å². The first-order valence-electron chi connectivity index (χ1n) is 6.00. The van der Waals surface area contributed by atoms with E-state index in [1.165, 1.54) is 12.8 Å². The van der Waals surface area contributed by atoms with Crippen molar-refractivity contribution in [1.82, 2.24) is 15.2 Å². The van der Waals surface area contributed by atoms with E-state index in [1.54, 1.807) is 4.68 Å². The molecule has 17 heavy (non-hydrogen) atoms. The number of hydrogen-bond donors (Lipinski definition) is 3. The van der Waals surface area contributed by atoms with E-state index in [0.717, 1.165) is 24.2 Å². The Balaban J connectivity index is 2.06. The van der Waals surface area contributed by atoms with Crippen molar-refractivity contribution in [3.8, 4) is 0 Å². The second-order valence-electron chi connectivity index (χ2n) is 4.49. The van der Waals surface area contributed by atoms with Crippen LogP contribution in [0, 0.1) is 6.92 Å². The molecule has 94 valence electrons. The van der Waals surface area contributed by atoms with Gasteiger partial charge >= 0.3 is 0 Å². The zero-order valence-corrected chi connectivity index (χ0v) is 10.4. The van der Waals surface area contributed by atoms with Crippen LogP contribution in [0.1, 0.15) is 31.4 Å². The molecule has 0 radical (unpaired) electrons. The molecule has 0 unspecified atom stereocenters. The van der Waals surface area contributed by atoms with Crippen LogP contribution in [0.4, 0.5) is 5.69 Å². The third-order valence-electron chi connectivity index (χ3n) is 3.04. The van der Waals surface area contributed by atoms with Gasteiger partial charge in [-0.15, -0.1) is 0 Å². The molecular formula is C11H20N6. The second-order valence-corrected chi connectivity index (χ2v) is 4.49. The number of guanidine groups is 1. The van der Waals surface area contributed by atoms with Crippen LogP contribution in [-0.2, 0) is 7.05 Å². The normalized spacial score (nSPS) is 17.5. The van der Waals surface area contributed by atoms with E-state index < -0.39 is 0 Å². The number of nitrogens with zero attached hydrogens (tertiary/aromatic N) is 3. The van der Waals surface area contributed by atoms with Crippen LogP contribution in [0.5, 0.6) is 0 Å². The van der Waals surface area contributed by atoms with Gasteiger partial charge in [0.05, 0.1) is 17.4 Å². The second kappa shape index (κ2) is 5.18. The average molecular weight is 236 g/mol. The van der Waals surface area contributed by atoms with Gasteiger partial charge in [0.1, 0.15) is 0 Å². The number of anilines is 1. The first kappa shape index (κ1) is 11.9. The molecule has 4 N–H and O–H groups in total. The Hall–Kier alpha value is -1.56. The van der Waals surface area contributed by atoms with E-state index in [9.17, 15) is 0 Å². The summed E-state index contributed by atoms with van der Waals surface area (Å²) >= 11 is 0. The van der Waals surface area contributed by atoms with Gasteiger partial charge in [0.25, 0.3) is 0 Å². The summed E-state index contributed by atoms with van der Waals surface area (Å²) in [5.41, 5.74) is 4.48. The largest absolute Gasteiger partial charge is 0.322 e. The van der Waals surface area contributed by atoms with Crippen molar-refractivity contribution in [2.45, 2.75) is 38.6 Å². The standard InChI is InChI=1S/C11H20N6/c1-8-10(7-17(2)16-8)14-11(15-12)13-9-5-3-4-6-9/h7,9H,3-6,12H2,1-2H3,(H2,13,14,15). The number of nitrogens with two attached hydrogens (primary N) is 1. The topological polar surface area (TPSA) is 80.3 Å². The molecule has 0 bridgehead atoms. The van der Waals surface area contributed by atoms with Crippen LogP contribution < -0.4 is 16.6 Å². The number of nitrogens with one attached hydrogen (secondary N) is 2. The Morgan fingerprint density at radius 1 is 1.53 bits per heavy atom. The fourth-order valence-electron chi connectivity index (χ4n) is 2.17. The van der Waals surface area contributed by atoms with Gasteiger partial charge in [-0.25, -0.2) is 10.8 Å². The van der Waals surface area contributed by atoms with Crippen molar-refractivity contribution in [3.63, 3.8) is 0 Å². The molecule has 1 aromatic rings. The van der Waals surface area contributed by atoms with Crippen molar-refractivity contribution >= 4 is 11.6 Å². The van der Waals surface area contributed by atoms with Crippen molar-refractivity contribution in [1.29, 1.82) is 0 Å². The summed E-state index contributed by atoms with van der Waals surface area (Å²) in [6, 6.07) is 0.394. The molecule has 6 heteroatoms. The Bertz CT molecular complexity index is 402. The minimum absolute atomic E-state index is 0.394. The van der Waals surface area contributed by atoms with Gasteiger partial charge in [0, 0.05) is 13.2 Å². The fourth-order valence-corrected chi connectivity index (χ4v) is 2.17. The summed E-state index contributed by atoms with van der Waals surface area (Å²) in [4.78, 5) is 4.57. The van der Waals surface area contributed by atoms with Crippen molar-refractivity contribution in [2.75, 3.05) is 5.32 Å².